The number of aromatic amines is 1. The third-order valence-electron chi connectivity index (χ3n) is 4.69. The van der Waals surface area contributed by atoms with Crippen molar-refractivity contribution in [1.82, 2.24) is 4.98 Å². The molecular formula is C22H25NO2. The highest BCUT2D eigenvalue weighted by Gasteiger charge is 2.15. The Morgan fingerprint density at radius 2 is 1.88 bits per heavy atom. The summed E-state index contributed by atoms with van der Waals surface area (Å²) in [4.78, 5) is 14.5. The second-order valence-electron chi connectivity index (χ2n) is 7.88. The summed E-state index contributed by atoms with van der Waals surface area (Å²) < 4.78 is 0. The first-order valence-electron chi connectivity index (χ1n) is 8.69. The highest BCUT2D eigenvalue weighted by atomic mass is 16.4. The third-order valence-corrected chi connectivity index (χ3v) is 4.69. The molecule has 2 N–H and O–H groups in total. The molecule has 0 radical (unpaired) electrons. The normalized spacial score (nSPS) is 13.1. The van der Waals surface area contributed by atoms with E-state index in [0.717, 1.165) is 22.2 Å². The standard InChI is InChI=1S/C22H25NO2/c1-14(21(24)25)10-15-8-9-19-17(11-15)13-20(23-19)16-6-5-7-18(12-16)22(2,3)4/h5-9,11-14,23H,10H2,1-4H3,(H,24,25). The Kier molecular flexibility index (Phi) is 4.42. The Hall–Kier alpha value is -2.55. The second kappa shape index (κ2) is 6.40. The van der Waals surface area contributed by atoms with E-state index in [1.807, 2.05) is 12.1 Å². The van der Waals surface area contributed by atoms with Crippen molar-refractivity contribution in [3.05, 3.63) is 59.7 Å². The summed E-state index contributed by atoms with van der Waals surface area (Å²) in [6.07, 6.45) is 0.547. The molecule has 25 heavy (non-hydrogen) atoms. The van der Waals surface area contributed by atoms with Crippen LogP contribution in [0.1, 0.15) is 38.8 Å². The van der Waals surface area contributed by atoms with E-state index in [-0.39, 0.29) is 11.3 Å². The average molecular weight is 335 g/mol. The molecule has 1 aromatic heterocycles. The molecule has 3 aromatic rings. The van der Waals surface area contributed by atoms with E-state index >= 15 is 0 Å². The van der Waals surface area contributed by atoms with Gasteiger partial charge in [0.05, 0.1) is 5.92 Å². The number of rotatable bonds is 4. The van der Waals surface area contributed by atoms with Crippen LogP contribution in [0.5, 0.6) is 0 Å². The van der Waals surface area contributed by atoms with Crippen molar-refractivity contribution in [3.63, 3.8) is 0 Å². The summed E-state index contributed by atoms with van der Waals surface area (Å²) in [5.74, 6) is -1.13. The monoisotopic (exact) mass is 335 g/mol. The topological polar surface area (TPSA) is 53.1 Å². The van der Waals surface area contributed by atoms with Crippen molar-refractivity contribution in [2.24, 2.45) is 5.92 Å². The van der Waals surface area contributed by atoms with Crippen LogP contribution in [-0.4, -0.2) is 16.1 Å². The van der Waals surface area contributed by atoms with Gasteiger partial charge in [-0.3, -0.25) is 4.79 Å². The lowest BCUT2D eigenvalue weighted by molar-refractivity contribution is -0.141. The first-order chi connectivity index (χ1) is 11.7. The van der Waals surface area contributed by atoms with Crippen LogP contribution >= 0.6 is 0 Å². The van der Waals surface area contributed by atoms with Gasteiger partial charge in [0.15, 0.2) is 0 Å². The van der Waals surface area contributed by atoms with Gasteiger partial charge >= 0.3 is 5.97 Å². The van der Waals surface area contributed by atoms with Crippen LogP contribution in [0.15, 0.2) is 48.5 Å². The Morgan fingerprint density at radius 3 is 2.56 bits per heavy atom. The lowest BCUT2D eigenvalue weighted by atomic mass is 9.86. The number of carbonyl (C=O) groups is 1. The Labute approximate surface area is 148 Å². The fourth-order valence-corrected chi connectivity index (χ4v) is 3.06. The second-order valence-corrected chi connectivity index (χ2v) is 7.88. The van der Waals surface area contributed by atoms with Crippen LogP contribution in [0.25, 0.3) is 22.2 Å². The van der Waals surface area contributed by atoms with Gasteiger partial charge in [-0.15, -0.1) is 0 Å². The van der Waals surface area contributed by atoms with Gasteiger partial charge in [-0.1, -0.05) is 52.0 Å². The molecule has 0 bridgehead atoms. The summed E-state index contributed by atoms with van der Waals surface area (Å²) in [6.45, 7) is 8.39. The van der Waals surface area contributed by atoms with Crippen LogP contribution in [0.4, 0.5) is 0 Å². The third kappa shape index (κ3) is 3.76. The van der Waals surface area contributed by atoms with Crippen molar-refractivity contribution in [3.8, 4) is 11.3 Å². The molecule has 0 spiro atoms. The zero-order valence-electron chi connectivity index (χ0n) is 15.3. The summed E-state index contributed by atoms with van der Waals surface area (Å²) in [5.41, 5.74) is 5.80. The number of fused-ring (bicyclic) bond motifs is 1. The van der Waals surface area contributed by atoms with Gasteiger partial charge in [0.25, 0.3) is 0 Å². The van der Waals surface area contributed by atoms with Gasteiger partial charge in [0.2, 0.25) is 0 Å². The largest absolute Gasteiger partial charge is 0.481 e. The van der Waals surface area contributed by atoms with Crippen LogP contribution < -0.4 is 0 Å². The van der Waals surface area contributed by atoms with E-state index in [1.165, 1.54) is 11.1 Å². The molecule has 0 amide bonds. The van der Waals surface area contributed by atoms with E-state index < -0.39 is 5.97 Å². The molecule has 3 nitrogen and oxygen atoms in total. The number of hydrogen-bond donors (Lipinski definition) is 2. The zero-order chi connectivity index (χ0) is 18.2. The van der Waals surface area contributed by atoms with Crippen LogP contribution in [0, 0.1) is 5.92 Å². The van der Waals surface area contributed by atoms with Gasteiger partial charge in [-0.2, -0.15) is 0 Å². The van der Waals surface area contributed by atoms with Gasteiger partial charge < -0.3 is 10.1 Å². The number of aromatic nitrogens is 1. The molecule has 2 aromatic carbocycles. The SMILES string of the molecule is CC(Cc1ccc2[nH]c(-c3cccc(C(C)(C)C)c3)cc2c1)C(=O)O. The van der Waals surface area contributed by atoms with Crippen LogP contribution in [0.3, 0.4) is 0 Å². The predicted octanol–water partition coefficient (Wildman–Crippen LogP) is 5.40. The molecule has 130 valence electrons. The minimum atomic E-state index is -0.756. The van der Waals surface area contributed by atoms with Gasteiger partial charge in [0.1, 0.15) is 0 Å². The average Bonchev–Trinajstić information content (AvgIpc) is 2.97. The van der Waals surface area contributed by atoms with Crippen LogP contribution in [-0.2, 0) is 16.6 Å². The van der Waals surface area contributed by atoms with Crippen molar-refractivity contribution in [1.29, 1.82) is 0 Å². The summed E-state index contributed by atoms with van der Waals surface area (Å²) in [5, 5.41) is 10.2. The van der Waals surface area contributed by atoms with Crippen molar-refractivity contribution < 1.29 is 9.90 Å². The number of hydrogen-bond acceptors (Lipinski definition) is 1. The van der Waals surface area contributed by atoms with Crippen LogP contribution in [0.2, 0.25) is 0 Å². The number of H-pyrrole nitrogens is 1. The minimum Gasteiger partial charge on any atom is -0.481 e. The van der Waals surface area contributed by atoms with Crippen molar-refractivity contribution >= 4 is 16.9 Å². The fraction of sp³-hybridized carbons (Fsp3) is 0.318. The van der Waals surface area contributed by atoms with Gasteiger partial charge in [0, 0.05) is 16.6 Å². The van der Waals surface area contributed by atoms with Crippen molar-refractivity contribution in [2.45, 2.75) is 39.5 Å². The lowest BCUT2D eigenvalue weighted by Gasteiger charge is -2.19. The summed E-state index contributed by atoms with van der Waals surface area (Å²) in [6, 6.07) is 16.9. The molecule has 0 fully saturated rings. The van der Waals surface area contributed by atoms with E-state index in [1.54, 1.807) is 6.92 Å². The lowest BCUT2D eigenvalue weighted by Crippen LogP contribution is -2.12. The Morgan fingerprint density at radius 1 is 1.12 bits per heavy atom. The fourth-order valence-electron chi connectivity index (χ4n) is 3.06. The maximum atomic E-state index is 11.1. The first kappa shape index (κ1) is 17.3. The van der Waals surface area contributed by atoms with Gasteiger partial charge in [-0.25, -0.2) is 0 Å². The van der Waals surface area contributed by atoms with Gasteiger partial charge in [-0.05, 0) is 52.8 Å². The highest BCUT2D eigenvalue weighted by Crippen LogP contribution is 2.29. The molecule has 3 rings (SSSR count). The molecule has 0 aliphatic heterocycles. The summed E-state index contributed by atoms with van der Waals surface area (Å²) in [7, 11) is 0. The highest BCUT2D eigenvalue weighted by molar-refractivity contribution is 5.86. The number of nitrogens with one attached hydrogen (secondary N) is 1. The van der Waals surface area contributed by atoms with E-state index in [0.29, 0.717) is 6.42 Å². The Balaban J connectivity index is 1.95. The van der Waals surface area contributed by atoms with E-state index in [9.17, 15) is 4.79 Å². The van der Waals surface area contributed by atoms with Crippen molar-refractivity contribution in [2.75, 3.05) is 0 Å². The zero-order valence-corrected chi connectivity index (χ0v) is 15.3. The molecule has 3 heteroatoms. The molecule has 1 unspecified atom stereocenters. The molecule has 0 saturated heterocycles. The number of aliphatic carboxylic acids is 1. The molecule has 1 atom stereocenters. The molecule has 0 aliphatic carbocycles. The maximum Gasteiger partial charge on any atom is 0.306 e. The van der Waals surface area contributed by atoms with E-state index in [2.05, 4.69) is 62.2 Å². The quantitative estimate of drug-likeness (QED) is 0.671. The van der Waals surface area contributed by atoms with E-state index in [4.69, 9.17) is 5.11 Å². The summed E-state index contributed by atoms with van der Waals surface area (Å²) >= 11 is 0. The number of carboxylic acid groups (broad SMARTS) is 1. The Bertz CT molecular complexity index is 915. The molecular weight excluding hydrogens is 310 g/mol. The number of carboxylic acids is 1. The molecule has 0 saturated carbocycles. The minimum absolute atomic E-state index is 0.113. The maximum absolute atomic E-state index is 11.1. The smallest absolute Gasteiger partial charge is 0.306 e. The molecule has 0 aliphatic rings. The number of benzene rings is 2. The predicted molar refractivity (Wildman–Crippen MR) is 103 cm³/mol. The first-order valence-corrected chi connectivity index (χ1v) is 8.69. The molecule has 1 heterocycles.